The molecule has 0 aromatic carbocycles. The Hall–Kier alpha value is -1.15. The molecule has 0 saturated carbocycles. The Labute approximate surface area is 69.5 Å². The number of carbonyl (C=O) groups excluding carboxylic acids is 1. The van der Waals surface area contributed by atoms with Crippen LogP contribution >= 0.6 is 11.6 Å². The molecule has 0 bridgehead atoms. The van der Waals surface area contributed by atoms with Gasteiger partial charge in [-0.1, -0.05) is 17.7 Å². The van der Waals surface area contributed by atoms with E-state index >= 15 is 0 Å². The highest BCUT2D eigenvalue weighted by Crippen LogP contribution is 2.05. The first-order chi connectivity index (χ1) is 5.33. The topological polar surface area (TPSA) is 30.0 Å². The van der Waals surface area contributed by atoms with E-state index in [-0.39, 0.29) is 5.03 Å². The van der Waals surface area contributed by atoms with Crippen molar-refractivity contribution in [2.45, 2.75) is 0 Å². The van der Waals surface area contributed by atoms with Gasteiger partial charge in [0.15, 0.2) is 6.29 Å². The zero-order valence-corrected chi connectivity index (χ0v) is 6.45. The lowest BCUT2D eigenvalue weighted by Crippen LogP contribution is -1.76. The number of nitrogens with zero attached hydrogens (tertiary/aromatic N) is 1. The molecule has 1 rings (SSSR count). The highest BCUT2D eigenvalue weighted by molar-refractivity contribution is 6.40. The van der Waals surface area contributed by atoms with Crippen LogP contribution in [0.25, 0.3) is 6.08 Å². The molecule has 0 aliphatic rings. The van der Waals surface area contributed by atoms with Crippen molar-refractivity contribution >= 4 is 24.0 Å². The summed E-state index contributed by atoms with van der Waals surface area (Å²) in [5.74, 6) is 0. The quantitative estimate of drug-likeness (QED) is 0.497. The van der Waals surface area contributed by atoms with Gasteiger partial charge in [0.25, 0.3) is 0 Å². The molecule has 1 aromatic heterocycles. The predicted octanol–water partition coefficient (Wildman–Crippen LogP) is 1.86. The first-order valence-electron chi connectivity index (χ1n) is 3.05. The van der Waals surface area contributed by atoms with E-state index in [9.17, 15) is 4.79 Å². The number of carbonyl (C=O) groups is 1. The predicted molar refractivity (Wildman–Crippen MR) is 44.1 cm³/mol. The molecule has 11 heavy (non-hydrogen) atoms. The number of hydrogen-bond donors (Lipinski definition) is 0. The van der Waals surface area contributed by atoms with Crippen molar-refractivity contribution in [2.24, 2.45) is 0 Å². The molecule has 0 fully saturated rings. The number of aldehydes is 1. The van der Waals surface area contributed by atoms with Gasteiger partial charge < -0.3 is 0 Å². The Kier molecular flexibility index (Phi) is 2.81. The van der Waals surface area contributed by atoms with E-state index in [1.54, 1.807) is 24.5 Å². The fraction of sp³-hybridized carbons (Fsp3) is 0. The third kappa shape index (κ3) is 2.51. The fourth-order valence-electron chi connectivity index (χ4n) is 0.655. The van der Waals surface area contributed by atoms with Gasteiger partial charge in [-0.3, -0.25) is 9.78 Å². The Morgan fingerprint density at radius 2 is 2.45 bits per heavy atom. The lowest BCUT2D eigenvalue weighted by molar-refractivity contribution is -0.104. The largest absolute Gasteiger partial charge is 0.297 e. The van der Waals surface area contributed by atoms with Crippen molar-refractivity contribution < 1.29 is 4.79 Å². The Morgan fingerprint density at radius 3 is 3.00 bits per heavy atom. The van der Waals surface area contributed by atoms with Crippen molar-refractivity contribution in [2.75, 3.05) is 0 Å². The average Bonchev–Trinajstić information content (AvgIpc) is 2.06. The summed E-state index contributed by atoms with van der Waals surface area (Å²) in [5, 5.41) is 0.179. The van der Waals surface area contributed by atoms with Crippen LogP contribution in [-0.2, 0) is 4.79 Å². The molecular formula is C8H6ClNO. The molecule has 0 saturated heterocycles. The van der Waals surface area contributed by atoms with Crippen LogP contribution in [0.1, 0.15) is 5.56 Å². The Morgan fingerprint density at radius 1 is 1.64 bits per heavy atom. The van der Waals surface area contributed by atoms with Crippen LogP contribution in [0.15, 0.2) is 29.6 Å². The summed E-state index contributed by atoms with van der Waals surface area (Å²) in [6.45, 7) is 0. The van der Waals surface area contributed by atoms with E-state index in [2.05, 4.69) is 4.98 Å². The summed E-state index contributed by atoms with van der Waals surface area (Å²) in [6.07, 6.45) is 5.44. The normalized spacial score (nSPS) is 11.2. The standard InChI is InChI=1S/C8H6ClNO/c9-8(6-11)4-7-2-1-3-10-5-7/h1-6H/b8-4+. The first-order valence-corrected chi connectivity index (χ1v) is 3.43. The molecule has 3 heteroatoms. The molecule has 56 valence electrons. The van der Waals surface area contributed by atoms with E-state index in [0.717, 1.165) is 5.56 Å². The minimum atomic E-state index is 0.179. The lowest BCUT2D eigenvalue weighted by atomic mass is 10.3. The van der Waals surface area contributed by atoms with Gasteiger partial charge in [0.05, 0.1) is 5.03 Å². The molecule has 2 nitrogen and oxygen atoms in total. The van der Waals surface area contributed by atoms with Crippen LogP contribution in [0.3, 0.4) is 0 Å². The highest BCUT2D eigenvalue weighted by Gasteiger charge is 1.88. The summed E-state index contributed by atoms with van der Waals surface area (Å²) in [6, 6.07) is 3.60. The third-order valence-corrected chi connectivity index (χ3v) is 1.30. The molecule has 0 N–H and O–H groups in total. The molecule has 0 spiro atoms. The van der Waals surface area contributed by atoms with Gasteiger partial charge in [-0.05, 0) is 17.7 Å². The maximum absolute atomic E-state index is 10.1. The minimum absolute atomic E-state index is 0.179. The zero-order chi connectivity index (χ0) is 8.10. The summed E-state index contributed by atoms with van der Waals surface area (Å²) in [5.41, 5.74) is 0.824. The molecule has 0 atom stereocenters. The number of allylic oxidation sites excluding steroid dienone is 1. The molecule has 0 aliphatic heterocycles. The second-order valence-corrected chi connectivity index (χ2v) is 2.37. The van der Waals surface area contributed by atoms with Crippen molar-refractivity contribution in [1.29, 1.82) is 0 Å². The minimum Gasteiger partial charge on any atom is -0.297 e. The van der Waals surface area contributed by atoms with Gasteiger partial charge in [-0.25, -0.2) is 0 Å². The zero-order valence-electron chi connectivity index (χ0n) is 5.70. The summed E-state index contributed by atoms with van der Waals surface area (Å²) < 4.78 is 0. The van der Waals surface area contributed by atoms with E-state index in [1.165, 1.54) is 0 Å². The van der Waals surface area contributed by atoms with Crippen molar-refractivity contribution in [3.8, 4) is 0 Å². The molecule has 0 aliphatic carbocycles. The average molecular weight is 168 g/mol. The van der Waals surface area contributed by atoms with Gasteiger partial charge >= 0.3 is 0 Å². The summed E-state index contributed by atoms with van der Waals surface area (Å²) in [7, 11) is 0. The van der Waals surface area contributed by atoms with Gasteiger partial charge in [0.1, 0.15) is 0 Å². The smallest absolute Gasteiger partial charge is 0.161 e. The van der Waals surface area contributed by atoms with Crippen LogP contribution in [0.5, 0.6) is 0 Å². The van der Waals surface area contributed by atoms with Gasteiger partial charge in [-0.2, -0.15) is 0 Å². The first kappa shape index (κ1) is 7.95. The van der Waals surface area contributed by atoms with Crippen molar-refractivity contribution in [3.05, 3.63) is 35.1 Å². The van der Waals surface area contributed by atoms with Crippen molar-refractivity contribution in [1.82, 2.24) is 4.98 Å². The molecule has 0 amide bonds. The number of pyridine rings is 1. The lowest BCUT2D eigenvalue weighted by Gasteiger charge is -1.88. The van der Waals surface area contributed by atoms with Crippen LogP contribution in [0.4, 0.5) is 0 Å². The maximum atomic E-state index is 10.1. The highest BCUT2D eigenvalue weighted by atomic mass is 35.5. The molecule has 1 aromatic rings. The van der Waals surface area contributed by atoms with E-state index < -0.39 is 0 Å². The summed E-state index contributed by atoms with van der Waals surface area (Å²) >= 11 is 5.47. The molecule has 1 heterocycles. The number of rotatable bonds is 2. The van der Waals surface area contributed by atoms with E-state index in [1.807, 2.05) is 6.07 Å². The van der Waals surface area contributed by atoms with Crippen LogP contribution < -0.4 is 0 Å². The molecule has 0 radical (unpaired) electrons. The molecular weight excluding hydrogens is 162 g/mol. The monoisotopic (exact) mass is 167 g/mol. The van der Waals surface area contributed by atoms with E-state index in [0.29, 0.717) is 6.29 Å². The van der Waals surface area contributed by atoms with Gasteiger partial charge in [-0.15, -0.1) is 0 Å². The van der Waals surface area contributed by atoms with Crippen molar-refractivity contribution in [3.63, 3.8) is 0 Å². The fourth-order valence-corrected chi connectivity index (χ4v) is 0.781. The number of halogens is 1. The Bertz CT molecular complexity index is 269. The SMILES string of the molecule is O=C/C(Cl)=C\c1cccnc1. The van der Waals surface area contributed by atoms with E-state index in [4.69, 9.17) is 11.6 Å². The molecule has 0 unspecified atom stereocenters. The number of aromatic nitrogens is 1. The number of hydrogen-bond acceptors (Lipinski definition) is 2. The van der Waals surface area contributed by atoms with Crippen LogP contribution in [0, 0.1) is 0 Å². The van der Waals surface area contributed by atoms with Crippen LogP contribution in [-0.4, -0.2) is 11.3 Å². The second kappa shape index (κ2) is 3.88. The van der Waals surface area contributed by atoms with Crippen LogP contribution in [0.2, 0.25) is 0 Å². The third-order valence-electron chi connectivity index (χ3n) is 1.10. The maximum Gasteiger partial charge on any atom is 0.161 e. The summed E-state index contributed by atoms with van der Waals surface area (Å²) in [4.78, 5) is 13.9. The van der Waals surface area contributed by atoms with Gasteiger partial charge in [0.2, 0.25) is 0 Å². The Balaban J connectivity index is 2.87. The second-order valence-electron chi connectivity index (χ2n) is 1.93. The van der Waals surface area contributed by atoms with Gasteiger partial charge in [0, 0.05) is 12.4 Å².